The third-order valence-electron chi connectivity index (χ3n) is 5.16. The average molecular weight is 443 g/mol. The second-order valence-corrected chi connectivity index (χ2v) is 8.55. The van der Waals surface area contributed by atoms with E-state index in [2.05, 4.69) is 16.0 Å². The highest BCUT2D eigenvalue weighted by atomic mass is 19.2. The van der Waals surface area contributed by atoms with Crippen molar-refractivity contribution in [2.24, 2.45) is 5.92 Å². The molecule has 0 radical (unpaired) electrons. The van der Waals surface area contributed by atoms with Gasteiger partial charge in [-0.05, 0) is 42.5 Å². The highest BCUT2D eigenvalue weighted by Gasteiger charge is 2.45. The molecule has 0 bridgehead atoms. The number of nitrogens with one attached hydrogen (secondary N) is 4. The zero-order chi connectivity index (χ0) is 23.5. The van der Waals surface area contributed by atoms with Gasteiger partial charge in [-0.25, -0.2) is 13.6 Å². The number of carbonyl (C=O) groups is 2. The van der Waals surface area contributed by atoms with Crippen LogP contribution in [0.15, 0.2) is 42.5 Å². The largest absolute Gasteiger partial charge is 0.342 e. The van der Waals surface area contributed by atoms with Gasteiger partial charge in [-0.3, -0.25) is 15.1 Å². The van der Waals surface area contributed by atoms with E-state index in [0.717, 1.165) is 23.3 Å². The number of rotatable bonds is 7. The summed E-state index contributed by atoms with van der Waals surface area (Å²) in [7, 11) is 0. The van der Waals surface area contributed by atoms with E-state index in [1.165, 1.54) is 11.0 Å². The van der Waals surface area contributed by atoms with Gasteiger partial charge < -0.3 is 16.0 Å². The minimum atomic E-state index is -1.04. The summed E-state index contributed by atoms with van der Waals surface area (Å²) in [6.07, 6.45) is 0.627. The van der Waals surface area contributed by atoms with E-state index in [1.807, 2.05) is 45.0 Å². The first-order chi connectivity index (χ1) is 15.1. The van der Waals surface area contributed by atoms with Crippen molar-refractivity contribution >= 4 is 23.6 Å². The van der Waals surface area contributed by atoms with Gasteiger partial charge in [0.25, 0.3) is 5.91 Å². The van der Waals surface area contributed by atoms with Gasteiger partial charge in [-0.1, -0.05) is 38.1 Å². The smallest absolute Gasteiger partial charge is 0.319 e. The Morgan fingerprint density at radius 2 is 1.88 bits per heavy atom. The molecule has 0 saturated carbocycles. The molecule has 32 heavy (non-hydrogen) atoms. The second-order valence-electron chi connectivity index (χ2n) is 8.55. The Hall–Kier alpha value is -3.49. The lowest BCUT2D eigenvalue weighted by Gasteiger charge is -2.24. The van der Waals surface area contributed by atoms with Crippen molar-refractivity contribution in [2.75, 3.05) is 5.32 Å². The molecule has 1 aliphatic heterocycles. The summed E-state index contributed by atoms with van der Waals surface area (Å²) in [5.41, 5.74) is 0.957. The van der Waals surface area contributed by atoms with Crippen LogP contribution < -0.4 is 16.0 Å². The fourth-order valence-electron chi connectivity index (χ4n) is 3.84. The van der Waals surface area contributed by atoms with Crippen LogP contribution >= 0.6 is 0 Å². The highest BCUT2D eigenvalue weighted by molar-refractivity contribution is 6.07. The number of nitrogens with zero attached hydrogens (tertiary/aromatic N) is 1. The SMILES string of the molecule is CC(C)CC1(C)NC(=N)N(Cc2cccc(CNC(=O)Nc3ccc(F)c(F)c3)c2)C1=O. The fraction of sp³-hybridized carbons (Fsp3) is 0.348. The van der Waals surface area contributed by atoms with Crippen LogP contribution in [0.3, 0.4) is 0 Å². The Balaban J connectivity index is 1.59. The van der Waals surface area contributed by atoms with Crippen LogP contribution in [0.4, 0.5) is 19.3 Å². The predicted octanol–water partition coefficient (Wildman–Crippen LogP) is 3.96. The van der Waals surface area contributed by atoms with Crippen molar-refractivity contribution in [1.82, 2.24) is 15.5 Å². The second kappa shape index (κ2) is 9.33. The summed E-state index contributed by atoms with van der Waals surface area (Å²) < 4.78 is 26.3. The molecule has 9 heteroatoms. The van der Waals surface area contributed by atoms with Gasteiger partial charge >= 0.3 is 6.03 Å². The molecule has 1 saturated heterocycles. The highest BCUT2D eigenvalue weighted by Crippen LogP contribution is 2.26. The van der Waals surface area contributed by atoms with Crippen molar-refractivity contribution in [2.45, 2.75) is 45.8 Å². The first-order valence-electron chi connectivity index (χ1n) is 10.3. The van der Waals surface area contributed by atoms with E-state index in [9.17, 15) is 18.4 Å². The Morgan fingerprint density at radius 3 is 2.56 bits per heavy atom. The number of halogens is 2. The monoisotopic (exact) mass is 443 g/mol. The summed E-state index contributed by atoms with van der Waals surface area (Å²) in [5, 5.41) is 16.3. The Labute approximate surface area is 185 Å². The number of urea groups is 1. The number of guanidine groups is 1. The van der Waals surface area contributed by atoms with E-state index in [1.54, 1.807) is 0 Å². The van der Waals surface area contributed by atoms with Crippen LogP contribution in [0.1, 0.15) is 38.3 Å². The summed E-state index contributed by atoms with van der Waals surface area (Å²) >= 11 is 0. The van der Waals surface area contributed by atoms with Gasteiger partial charge in [0.1, 0.15) is 5.54 Å². The Morgan fingerprint density at radius 1 is 1.16 bits per heavy atom. The number of carbonyl (C=O) groups excluding carboxylic acids is 2. The first-order valence-corrected chi connectivity index (χ1v) is 10.3. The fourth-order valence-corrected chi connectivity index (χ4v) is 3.84. The molecule has 1 unspecified atom stereocenters. The predicted molar refractivity (Wildman–Crippen MR) is 118 cm³/mol. The number of anilines is 1. The maximum absolute atomic E-state index is 13.3. The van der Waals surface area contributed by atoms with Crippen molar-refractivity contribution < 1.29 is 18.4 Å². The lowest BCUT2D eigenvalue weighted by molar-refractivity contribution is -0.131. The topological polar surface area (TPSA) is 97.3 Å². The van der Waals surface area contributed by atoms with Gasteiger partial charge in [-0.15, -0.1) is 0 Å². The normalized spacial score (nSPS) is 18.1. The van der Waals surface area contributed by atoms with Crippen LogP contribution in [0.25, 0.3) is 0 Å². The van der Waals surface area contributed by atoms with E-state index >= 15 is 0 Å². The third kappa shape index (κ3) is 5.40. The van der Waals surface area contributed by atoms with Crippen LogP contribution in [0.5, 0.6) is 0 Å². The van der Waals surface area contributed by atoms with Crippen molar-refractivity contribution in [3.8, 4) is 0 Å². The van der Waals surface area contributed by atoms with E-state index in [-0.39, 0.29) is 30.6 Å². The van der Waals surface area contributed by atoms with Crippen molar-refractivity contribution in [3.63, 3.8) is 0 Å². The standard InChI is InChI=1S/C23H27F2N5O2/c1-14(2)11-23(3)20(31)30(21(26)29-23)13-16-6-4-5-15(9-16)12-27-22(32)28-17-7-8-18(24)19(25)10-17/h4-10,14H,11-13H2,1-3H3,(H2,26,29)(H2,27,28,32). The molecule has 4 N–H and O–H groups in total. The molecule has 1 heterocycles. The molecule has 3 amide bonds. The summed E-state index contributed by atoms with van der Waals surface area (Å²) in [5.74, 6) is -1.79. The molecule has 3 rings (SSSR count). The molecule has 2 aromatic carbocycles. The number of benzene rings is 2. The van der Waals surface area contributed by atoms with Gasteiger partial charge in [-0.2, -0.15) is 0 Å². The lowest BCUT2D eigenvalue weighted by atomic mass is 9.91. The zero-order valence-corrected chi connectivity index (χ0v) is 18.3. The van der Waals surface area contributed by atoms with E-state index in [0.29, 0.717) is 12.3 Å². The number of amides is 3. The summed E-state index contributed by atoms with van der Waals surface area (Å²) in [6.45, 7) is 6.32. The maximum atomic E-state index is 13.3. The van der Waals surface area contributed by atoms with Gasteiger partial charge in [0, 0.05) is 18.3 Å². The minimum absolute atomic E-state index is 0.0765. The molecule has 1 fully saturated rings. The van der Waals surface area contributed by atoms with Crippen LogP contribution in [-0.4, -0.2) is 28.3 Å². The number of hydrogen-bond acceptors (Lipinski definition) is 3. The molecule has 2 aromatic rings. The number of hydrogen-bond donors (Lipinski definition) is 4. The third-order valence-corrected chi connectivity index (χ3v) is 5.16. The minimum Gasteiger partial charge on any atom is -0.342 e. The van der Waals surface area contributed by atoms with E-state index in [4.69, 9.17) is 5.41 Å². The van der Waals surface area contributed by atoms with Crippen molar-refractivity contribution in [1.29, 1.82) is 5.41 Å². The molecular weight excluding hydrogens is 416 g/mol. The zero-order valence-electron chi connectivity index (χ0n) is 18.3. The molecule has 7 nitrogen and oxygen atoms in total. The molecular formula is C23H27F2N5O2. The van der Waals surface area contributed by atoms with E-state index < -0.39 is 23.2 Å². The maximum Gasteiger partial charge on any atom is 0.319 e. The van der Waals surface area contributed by atoms with Gasteiger partial charge in [0.15, 0.2) is 17.6 Å². The summed E-state index contributed by atoms with van der Waals surface area (Å²) in [6, 6.07) is 9.86. The van der Waals surface area contributed by atoms with Crippen LogP contribution in [0.2, 0.25) is 0 Å². The lowest BCUT2D eigenvalue weighted by Crippen LogP contribution is -2.44. The molecule has 1 aliphatic rings. The quantitative estimate of drug-likeness (QED) is 0.522. The molecule has 1 atom stereocenters. The Kier molecular flexibility index (Phi) is 6.76. The Bertz CT molecular complexity index is 1040. The van der Waals surface area contributed by atoms with Crippen LogP contribution in [0, 0.1) is 23.0 Å². The molecule has 0 aromatic heterocycles. The summed E-state index contributed by atoms with van der Waals surface area (Å²) in [4.78, 5) is 26.4. The van der Waals surface area contributed by atoms with Crippen molar-refractivity contribution in [3.05, 3.63) is 65.2 Å². The van der Waals surface area contributed by atoms with Gasteiger partial charge in [0.2, 0.25) is 0 Å². The average Bonchev–Trinajstić information content (AvgIpc) is 2.92. The van der Waals surface area contributed by atoms with Gasteiger partial charge in [0.05, 0.1) is 6.54 Å². The molecule has 0 aliphatic carbocycles. The molecule has 170 valence electrons. The molecule has 0 spiro atoms. The van der Waals surface area contributed by atoms with Crippen LogP contribution in [-0.2, 0) is 17.9 Å². The first kappa shape index (κ1) is 23.2.